The van der Waals surface area contributed by atoms with Crippen LogP contribution in [0.25, 0.3) is 0 Å². The molecule has 2 heterocycles. The Kier molecular flexibility index (Phi) is 6.37. The number of carbonyl (C=O) groups is 2. The van der Waals surface area contributed by atoms with Crippen LogP contribution in [0.3, 0.4) is 0 Å². The number of piperidine rings is 2. The Morgan fingerprint density at radius 2 is 2.00 bits per heavy atom. The minimum absolute atomic E-state index is 0.00287. The van der Waals surface area contributed by atoms with Crippen LogP contribution in [0.1, 0.15) is 37.7 Å². The topological polar surface area (TPSA) is 70.1 Å². The molecule has 1 spiro atoms. The van der Waals surface area contributed by atoms with Gasteiger partial charge in [-0.15, -0.1) is 0 Å². The van der Waals surface area contributed by atoms with E-state index in [0.29, 0.717) is 25.9 Å². The summed E-state index contributed by atoms with van der Waals surface area (Å²) in [6.45, 7) is 2.58. The van der Waals surface area contributed by atoms with Gasteiger partial charge in [-0.1, -0.05) is 12.1 Å². The standard InChI is InChI=1S/C21H30N2O4/c1-27-18-6-3-17(4-7-18)5-8-19(25)22-12-2-10-21(15-22)11-9-20(26)23(16-21)13-14-24/h3-4,6-7,24H,2,5,8-16H2,1H3. The molecule has 1 N–H and O–H groups in total. The highest BCUT2D eigenvalue weighted by atomic mass is 16.5. The SMILES string of the molecule is COc1ccc(CCC(=O)N2CCCC3(CCC(=O)N(CCO)C3)C2)cc1. The van der Waals surface area contributed by atoms with Gasteiger partial charge in [-0.3, -0.25) is 9.59 Å². The number of likely N-dealkylation sites (tertiary alicyclic amines) is 2. The molecule has 2 fully saturated rings. The molecule has 1 unspecified atom stereocenters. The molecule has 0 saturated carbocycles. The number of hydrogen-bond donors (Lipinski definition) is 1. The van der Waals surface area contributed by atoms with Crippen LogP contribution < -0.4 is 4.74 Å². The minimum Gasteiger partial charge on any atom is -0.497 e. The van der Waals surface area contributed by atoms with E-state index in [1.807, 2.05) is 29.2 Å². The number of benzene rings is 1. The first kappa shape index (κ1) is 19.7. The molecule has 1 atom stereocenters. The summed E-state index contributed by atoms with van der Waals surface area (Å²) >= 11 is 0. The molecule has 1 aromatic carbocycles. The van der Waals surface area contributed by atoms with Crippen molar-refractivity contribution >= 4 is 11.8 Å². The monoisotopic (exact) mass is 374 g/mol. The van der Waals surface area contributed by atoms with Crippen LogP contribution in [0.4, 0.5) is 0 Å². The number of aryl methyl sites for hydroxylation is 1. The number of methoxy groups -OCH3 is 1. The van der Waals surface area contributed by atoms with Crippen LogP contribution >= 0.6 is 0 Å². The lowest BCUT2D eigenvalue weighted by Gasteiger charge is -2.48. The fraction of sp³-hybridized carbons (Fsp3) is 0.619. The van der Waals surface area contributed by atoms with Crippen molar-refractivity contribution < 1.29 is 19.4 Å². The van der Waals surface area contributed by atoms with E-state index in [4.69, 9.17) is 4.74 Å². The number of aliphatic hydroxyl groups is 1. The van der Waals surface area contributed by atoms with E-state index in [1.165, 1.54) is 0 Å². The number of hydrogen-bond acceptors (Lipinski definition) is 4. The van der Waals surface area contributed by atoms with E-state index in [9.17, 15) is 14.7 Å². The summed E-state index contributed by atoms with van der Waals surface area (Å²) in [6.07, 6.45) is 4.62. The van der Waals surface area contributed by atoms with Crippen LogP contribution in [0.5, 0.6) is 5.75 Å². The summed E-state index contributed by atoms with van der Waals surface area (Å²) in [5.41, 5.74) is 1.13. The van der Waals surface area contributed by atoms with Gasteiger partial charge in [0.2, 0.25) is 11.8 Å². The number of aliphatic hydroxyl groups excluding tert-OH is 1. The van der Waals surface area contributed by atoms with Crippen molar-refractivity contribution in [1.29, 1.82) is 0 Å². The Hall–Kier alpha value is -2.08. The molecule has 148 valence electrons. The molecule has 6 nitrogen and oxygen atoms in total. The van der Waals surface area contributed by atoms with Gasteiger partial charge in [-0.25, -0.2) is 0 Å². The quantitative estimate of drug-likeness (QED) is 0.825. The summed E-state index contributed by atoms with van der Waals surface area (Å²) in [5.74, 6) is 1.13. The van der Waals surface area contributed by atoms with Crippen molar-refractivity contribution in [1.82, 2.24) is 9.80 Å². The van der Waals surface area contributed by atoms with Gasteiger partial charge in [-0.05, 0) is 43.4 Å². The van der Waals surface area contributed by atoms with Crippen molar-refractivity contribution in [2.24, 2.45) is 5.41 Å². The van der Waals surface area contributed by atoms with E-state index in [0.717, 1.165) is 50.1 Å². The van der Waals surface area contributed by atoms with E-state index >= 15 is 0 Å². The molecule has 6 heteroatoms. The van der Waals surface area contributed by atoms with Crippen LogP contribution in [-0.2, 0) is 16.0 Å². The molecular formula is C21H30N2O4. The largest absolute Gasteiger partial charge is 0.497 e. The molecule has 27 heavy (non-hydrogen) atoms. The van der Waals surface area contributed by atoms with Gasteiger partial charge < -0.3 is 19.6 Å². The molecule has 2 amide bonds. The Morgan fingerprint density at radius 1 is 1.22 bits per heavy atom. The maximum absolute atomic E-state index is 12.8. The number of ether oxygens (including phenoxy) is 1. The highest BCUT2D eigenvalue weighted by Gasteiger charge is 2.42. The van der Waals surface area contributed by atoms with Crippen molar-refractivity contribution in [2.75, 3.05) is 39.9 Å². The summed E-state index contributed by atoms with van der Waals surface area (Å²) < 4.78 is 5.17. The maximum Gasteiger partial charge on any atom is 0.222 e. The Balaban J connectivity index is 1.56. The van der Waals surface area contributed by atoms with E-state index < -0.39 is 0 Å². The summed E-state index contributed by atoms with van der Waals surface area (Å²) in [4.78, 5) is 28.6. The molecule has 3 rings (SSSR count). The highest BCUT2D eigenvalue weighted by molar-refractivity contribution is 5.78. The number of carbonyl (C=O) groups excluding carboxylic acids is 2. The summed E-state index contributed by atoms with van der Waals surface area (Å²) in [7, 11) is 1.64. The first-order valence-electron chi connectivity index (χ1n) is 9.85. The zero-order valence-electron chi connectivity index (χ0n) is 16.2. The number of rotatable bonds is 6. The molecule has 2 aliphatic rings. The van der Waals surface area contributed by atoms with Gasteiger partial charge in [0.15, 0.2) is 0 Å². The zero-order valence-corrected chi connectivity index (χ0v) is 16.2. The van der Waals surface area contributed by atoms with Crippen LogP contribution in [0.2, 0.25) is 0 Å². The van der Waals surface area contributed by atoms with Gasteiger partial charge >= 0.3 is 0 Å². The lowest BCUT2D eigenvalue weighted by molar-refractivity contribution is -0.143. The third-order valence-electron chi connectivity index (χ3n) is 5.92. The minimum atomic E-state index is -0.00761. The average Bonchev–Trinajstić information content (AvgIpc) is 2.70. The third kappa shape index (κ3) is 4.80. The highest BCUT2D eigenvalue weighted by Crippen LogP contribution is 2.39. The summed E-state index contributed by atoms with van der Waals surface area (Å²) in [6, 6.07) is 7.85. The van der Waals surface area contributed by atoms with Crippen LogP contribution in [0.15, 0.2) is 24.3 Å². The van der Waals surface area contributed by atoms with Crippen LogP contribution in [0, 0.1) is 5.41 Å². The molecule has 1 aromatic rings. The van der Waals surface area contributed by atoms with Crippen molar-refractivity contribution in [3.8, 4) is 5.75 Å². The maximum atomic E-state index is 12.8. The fourth-order valence-corrected chi connectivity index (χ4v) is 4.38. The molecule has 2 saturated heterocycles. The summed E-state index contributed by atoms with van der Waals surface area (Å²) in [5, 5.41) is 9.21. The van der Waals surface area contributed by atoms with Gasteiger partial charge in [0.05, 0.1) is 13.7 Å². The first-order chi connectivity index (χ1) is 13.0. The lowest BCUT2D eigenvalue weighted by atomic mass is 9.73. The second kappa shape index (κ2) is 8.74. The fourth-order valence-electron chi connectivity index (χ4n) is 4.38. The molecule has 0 aromatic heterocycles. The normalized spacial score (nSPS) is 23.0. The second-order valence-corrected chi connectivity index (χ2v) is 7.81. The van der Waals surface area contributed by atoms with E-state index in [-0.39, 0.29) is 23.8 Å². The number of β-amino-alcohol motifs (C(OH)–C–C–N with tert-alkyl or cyclic N) is 1. The van der Waals surface area contributed by atoms with Crippen molar-refractivity contribution in [3.05, 3.63) is 29.8 Å². The Bertz CT molecular complexity index is 661. The molecule has 0 radical (unpaired) electrons. The molecule has 0 bridgehead atoms. The smallest absolute Gasteiger partial charge is 0.222 e. The molecule has 2 aliphatic heterocycles. The number of amides is 2. The predicted molar refractivity (Wildman–Crippen MR) is 102 cm³/mol. The van der Waals surface area contributed by atoms with Gasteiger partial charge in [-0.2, -0.15) is 0 Å². The second-order valence-electron chi connectivity index (χ2n) is 7.81. The zero-order chi connectivity index (χ0) is 19.3. The van der Waals surface area contributed by atoms with Gasteiger partial charge in [0.25, 0.3) is 0 Å². The van der Waals surface area contributed by atoms with Crippen LogP contribution in [-0.4, -0.2) is 66.6 Å². The lowest BCUT2D eigenvalue weighted by Crippen LogP contribution is -2.55. The Morgan fingerprint density at radius 3 is 2.70 bits per heavy atom. The van der Waals surface area contributed by atoms with Gasteiger partial charge in [0.1, 0.15) is 5.75 Å². The number of nitrogens with zero attached hydrogens (tertiary/aromatic N) is 2. The van der Waals surface area contributed by atoms with E-state index in [2.05, 4.69) is 0 Å². The predicted octanol–water partition coefficient (Wildman–Crippen LogP) is 1.85. The van der Waals surface area contributed by atoms with Crippen molar-refractivity contribution in [3.63, 3.8) is 0 Å². The Labute approximate surface area is 161 Å². The molecule has 0 aliphatic carbocycles. The average molecular weight is 374 g/mol. The first-order valence-corrected chi connectivity index (χ1v) is 9.85. The van der Waals surface area contributed by atoms with E-state index in [1.54, 1.807) is 12.0 Å². The van der Waals surface area contributed by atoms with Crippen molar-refractivity contribution in [2.45, 2.75) is 38.5 Å². The van der Waals surface area contributed by atoms with Gasteiger partial charge in [0, 0.05) is 44.4 Å². The third-order valence-corrected chi connectivity index (χ3v) is 5.92. The molecular weight excluding hydrogens is 344 g/mol.